The van der Waals surface area contributed by atoms with E-state index in [1.807, 2.05) is 6.07 Å². The van der Waals surface area contributed by atoms with Crippen LogP contribution in [0.4, 0.5) is 0 Å². The Bertz CT molecular complexity index is 759. The van der Waals surface area contributed by atoms with Gasteiger partial charge in [-0.2, -0.15) is 5.26 Å². The van der Waals surface area contributed by atoms with Crippen molar-refractivity contribution < 1.29 is 19.1 Å². The molecule has 1 heterocycles. The lowest BCUT2D eigenvalue weighted by atomic mass is 9.68. The number of ketones is 1. The van der Waals surface area contributed by atoms with E-state index < -0.39 is 29.3 Å². The molecule has 1 amide bonds. The van der Waals surface area contributed by atoms with Crippen LogP contribution in [0.2, 0.25) is 0 Å². The zero-order chi connectivity index (χ0) is 18.6. The second-order valence-electron chi connectivity index (χ2n) is 5.56. The van der Waals surface area contributed by atoms with E-state index in [-0.39, 0.29) is 17.3 Å². The lowest BCUT2D eigenvalue weighted by molar-refractivity contribution is -0.155. The number of methoxy groups -OCH3 is 1. The standard InChI is InChI=1S/C17H17N3O4S/c1-3-11(13(21)10-7-5-4-6-8-10)17(15(23)24-2)12(9-18)14(22)19-16(25)20-17/h4-8,11-12H,3H2,1-2H3,(H2,19,20,22,25)/t11-,12-,17+/m1/s1. The second kappa shape index (κ2) is 7.40. The summed E-state index contributed by atoms with van der Waals surface area (Å²) >= 11 is 5.00. The van der Waals surface area contributed by atoms with Gasteiger partial charge in [-0.15, -0.1) is 0 Å². The molecule has 0 aliphatic carbocycles. The van der Waals surface area contributed by atoms with E-state index >= 15 is 0 Å². The summed E-state index contributed by atoms with van der Waals surface area (Å²) in [6, 6.07) is 10.2. The maximum absolute atomic E-state index is 13.0. The number of ether oxygens (including phenoxy) is 1. The molecule has 0 unspecified atom stereocenters. The zero-order valence-electron chi connectivity index (χ0n) is 13.7. The molecule has 2 rings (SSSR count). The number of carbonyl (C=O) groups is 3. The Morgan fingerprint density at radius 1 is 1.40 bits per heavy atom. The fourth-order valence-electron chi connectivity index (χ4n) is 3.13. The molecule has 7 nitrogen and oxygen atoms in total. The Morgan fingerprint density at radius 2 is 2.04 bits per heavy atom. The number of hydrogen-bond donors (Lipinski definition) is 2. The van der Waals surface area contributed by atoms with Crippen LogP contribution in [0.3, 0.4) is 0 Å². The SMILES string of the molecule is CC[C@H](C(=O)c1ccccc1)[C@]1(C(=O)OC)NC(=S)NC(=O)[C@H]1C#N. The number of esters is 1. The average Bonchev–Trinajstić information content (AvgIpc) is 2.61. The van der Waals surface area contributed by atoms with Gasteiger partial charge in [0, 0.05) is 5.56 Å². The third-order valence-corrected chi connectivity index (χ3v) is 4.46. The van der Waals surface area contributed by atoms with Gasteiger partial charge in [-0.3, -0.25) is 9.59 Å². The number of amides is 1. The Kier molecular flexibility index (Phi) is 5.49. The molecule has 8 heteroatoms. The first-order chi connectivity index (χ1) is 11.9. The maximum Gasteiger partial charge on any atom is 0.334 e. The Labute approximate surface area is 150 Å². The van der Waals surface area contributed by atoms with Crippen molar-refractivity contribution in [3.63, 3.8) is 0 Å². The summed E-state index contributed by atoms with van der Waals surface area (Å²) in [6.45, 7) is 1.70. The number of hydrogen-bond acceptors (Lipinski definition) is 6. The van der Waals surface area contributed by atoms with Crippen LogP contribution in [0.15, 0.2) is 30.3 Å². The van der Waals surface area contributed by atoms with Gasteiger partial charge >= 0.3 is 5.97 Å². The van der Waals surface area contributed by atoms with Gasteiger partial charge < -0.3 is 15.4 Å². The molecular weight excluding hydrogens is 342 g/mol. The number of benzene rings is 1. The fourth-order valence-corrected chi connectivity index (χ4v) is 3.40. The molecule has 1 aromatic rings. The van der Waals surface area contributed by atoms with E-state index in [9.17, 15) is 19.6 Å². The van der Waals surface area contributed by atoms with Crippen molar-refractivity contribution in [3.8, 4) is 6.07 Å². The summed E-state index contributed by atoms with van der Waals surface area (Å²) in [7, 11) is 1.13. The van der Waals surface area contributed by atoms with Crippen molar-refractivity contribution in [1.29, 1.82) is 5.26 Å². The van der Waals surface area contributed by atoms with Gasteiger partial charge in [-0.1, -0.05) is 37.3 Å². The first-order valence-corrected chi connectivity index (χ1v) is 8.03. The van der Waals surface area contributed by atoms with E-state index in [1.165, 1.54) is 0 Å². The summed E-state index contributed by atoms with van der Waals surface area (Å²) in [6.07, 6.45) is 0.198. The Morgan fingerprint density at radius 3 is 2.56 bits per heavy atom. The number of Topliss-reactive ketones (excluding diaryl/α,β-unsaturated/α-hetero) is 1. The predicted octanol–water partition coefficient (Wildman–Crippen LogP) is 0.951. The number of carbonyl (C=O) groups excluding carboxylic acids is 3. The zero-order valence-corrected chi connectivity index (χ0v) is 14.6. The molecule has 1 fully saturated rings. The molecule has 25 heavy (non-hydrogen) atoms. The van der Waals surface area contributed by atoms with Crippen LogP contribution in [0.25, 0.3) is 0 Å². The highest BCUT2D eigenvalue weighted by Gasteiger charge is 2.60. The van der Waals surface area contributed by atoms with Crippen LogP contribution in [0, 0.1) is 23.2 Å². The molecule has 1 aliphatic heterocycles. The van der Waals surface area contributed by atoms with Crippen LogP contribution in [-0.4, -0.2) is 35.4 Å². The van der Waals surface area contributed by atoms with E-state index in [1.54, 1.807) is 37.3 Å². The second-order valence-corrected chi connectivity index (χ2v) is 5.97. The highest BCUT2D eigenvalue weighted by Crippen LogP contribution is 2.35. The molecule has 0 spiro atoms. The normalized spacial score (nSPS) is 23.6. The minimum Gasteiger partial charge on any atom is -0.467 e. The van der Waals surface area contributed by atoms with Gasteiger partial charge in [0.1, 0.15) is 0 Å². The molecule has 1 saturated heterocycles. The first-order valence-electron chi connectivity index (χ1n) is 7.62. The van der Waals surface area contributed by atoms with Gasteiger partial charge in [0.25, 0.3) is 0 Å². The van der Waals surface area contributed by atoms with Crippen LogP contribution in [0.5, 0.6) is 0 Å². The summed E-state index contributed by atoms with van der Waals surface area (Å²) in [5.74, 6) is -4.48. The van der Waals surface area contributed by atoms with Crippen molar-refractivity contribution in [2.24, 2.45) is 11.8 Å². The minimum atomic E-state index is -1.88. The highest BCUT2D eigenvalue weighted by molar-refractivity contribution is 7.80. The van der Waals surface area contributed by atoms with Crippen molar-refractivity contribution in [2.75, 3.05) is 7.11 Å². The van der Waals surface area contributed by atoms with E-state index in [0.29, 0.717) is 5.56 Å². The summed E-state index contributed by atoms with van der Waals surface area (Å²) < 4.78 is 4.85. The highest BCUT2D eigenvalue weighted by atomic mass is 32.1. The van der Waals surface area contributed by atoms with Crippen LogP contribution >= 0.6 is 12.2 Å². The Balaban J connectivity index is 2.63. The minimum absolute atomic E-state index is 0.124. The quantitative estimate of drug-likeness (QED) is 0.458. The monoisotopic (exact) mass is 359 g/mol. The Hall–Kier alpha value is -2.79. The summed E-state index contributed by atoms with van der Waals surface area (Å²) in [5.41, 5.74) is -1.52. The molecule has 2 N–H and O–H groups in total. The van der Waals surface area contributed by atoms with Gasteiger partial charge in [0.05, 0.1) is 19.1 Å². The van der Waals surface area contributed by atoms with E-state index in [2.05, 4.69) is 10.6 Å². The molecule has 0 bridgehead atoms. The third-order valence-electron chi connectivity index (χ3n) is 4.26. The van der Waals surface area contributed by atoms with Gasteiger partial charge in [-0.25, -0.2) is 4.79 Å². The van der Waals surface area contributed by atoms with Crippen molar-refractivity contribution in [3.05, 3.63) is 35.9 Å². The van der Waals surface area contributed by atoms with Crippen LogP contribution in [-0.2, 0) is 14.3 Å². The largest absolute Gasteiger partial charge is 0.467 e. The van der Waals surface area contributed by atoms with Crippen LogP contribution < -0.4 is 10.6 Å². The number of nitrogens with one attached hydrogen (secondary N) is 2. The van der Waals surface area contributed by atoms with Gasteiger partial charge in [-0.05, 0) is 18.6 Å². The number of thiocarbonyl (C=S) groups is 1. The molecule has 1 aliphatic rings. The molecule has 3 atom stereocenters. The molecule has 0 radical (unpaired) electrons. The molecule has 0 aromatic heterocycles. The fraction of sp³-hybridized carbons (Fsp3) is 0.353. The predicted molar refractivity (Wildman–Crippen MR) is 92.3 cm³/mol. The molecule has 1 aromatic carbocycles. The van der Waals surface area contributed by atoms with E-state index in [4.69, 9.17) is 17.0 Å². The lowest BCUT2D eigenvalue weighted by Gasteiger charge is -2.43. The first kappa shape index (κ1) is 18.5. The average molecular weight is 359 g/mol. The molecular formula is C17H17N3O4S. The summed E-state index contributed by atoms with van der Waals surface area (Å²) in [4.78, 5) is 38.0. The molecule has 0 saturated carbocycles. The molecule has 130 valence electrons. The van der Waals surface area contributed by atoms with Crippen molar-refractivity contribution in [2.45, 2.75) is 18.9 Å². The number of nitriles is 1. The van der Waals surface area contributed by atoms with Crippen molar-refractivity contribution in [1.82, 2.24) is 10.6 Å². The lowest BCUT2D eigenvalue weighted by Crippen LogP contribution is -2.73. The maximum atomic E-state index is 13.0. The smallest absolute Gasteiger partial charge is 0.334 e. The van der Waals surface area contributed by atoms with Gasteiger partial charge in [0.2, 0.25) is 5.91 Å². The third kappa shape index (κ3) is 3.10. The number of rotatable bonds is 5. The van der Waals surface area contributed by atoms with E-state index in [0.717, 1.165) is 7.11 Å². The topological polar surface area (TPSA) is 108 Å². The number of nitrogens with zero attached hydrogens (tertiary/aromatic N) is 1. The van der Waals surface area contributed by atoms with Crippen LogP contribution in [0.1, 0.15) is 23.7 Å². The summed E-state index contributed by atoms with van der Waals surface area (Å²) in [5, 5.41) is 14.4. The van der Waals surface area contributed by atoms with Gasteiger partial charge in [0.15, 0.2) is 22.4 Å². The van der Waals surface area contributed by atoms with Crippen molar-refractivity contribution >= 4 is 35.0 Å².